The molecule has 2 aromatic heterocycles. The Morgan fingerprint density at radius 3 is 2.59 bits per heavy atom. The number of nitriles is 1. The first-order chi connectivity index (χ1) is 10.6. The first kappa shape index (κ1) is 15.1. The van der Waals surface area contributed by atoms with Gasteiger partial charge in [0.15, 0.2) is 0 Å². The Morgan fingerprint density at radius 2 is 2.00 bits per heavy atom. The molecule has 0 amide bonds. The molecule has 0 N–H and O–H groups in total. The van der Waals surface area contributed by atoms with Gasteiger partial charge in [-0.15, -0.1) is 11.3 Å². The van der Waals surface area contributed by atoms with Crippen LogP contribution in [0.3, 0.4) is 0 Å². The summed E-state index contributed by atoms with van der Waals surface area (Å²) in [5.74, 6) is 0. The number of nitrogens with zero attached hydrogens (tertiary/aromatic N) is 3. The highest BCUT2D eigenvalue weighted by atomic mass is 32.1. The average molecular weight is 311 g/mol. The van der Waals surface area contributed by atoms with Gasteiger partial charge in [-0.25, -0.2) is 4.98 Å². The molecule has 0 unspecified atom stereocenters. The van der Waals surface area contributed by atoms with Crippen LogP contribution in [0.15, 0.2) is 17.0 Å². The molecule has 0 radical (unpaired) electrons. The van der Waals surface area contributed by atoms with Crippen LogP contribution in [-0.4, -0.2) is 9.55 Å². The topological polar surface area (TPSA) is 41.6 Å². The van der Waals surface area contributed by atoms with Crippen molar-refractivity contribution < 1.29 is 0 Å². The second-order valence-electron chi connectivity index (χ2n) is 6.03. The summed E-state index contributed by atoms with van der Waals surface area (Å²) in [4.78, 5) is 4.77. The zero-order valence-electron chi connectivity index (χ0n) is 13.4. The van der Waals surface area contributed by atoms with Crippen LogP contribution in [0, 0.1) is 25.2 Å². The van der Waals surface area contributed by atoms with Crippen molar-refractivity contribution in [3.8, 4) is 17.3 Å². The van der Waals surface area contributed by atoms with Crippen LogP contribution in [-0.2, 0) is 7.05 Å². The first-order valence-corrected chi connectivity index (χ1v) is 8.71. The van der Waals surface area contributed by atoms with Gasteiger partial charge in [-0.05, 0) is 51.2 Å². The molecular weight excluding hydrogens is 290 g/mol. The highest BCUT2D eigenvalue weighted by molar-refractivity contribution is 7.11. The Labute approximate surface area is 135 Å². The van der Waals surface area contributed by atoms with E-state index in [1.165, 1.54) is 41.8 Å². The van der Waals surface area contributed by atoms with Gasteiger partial charge in [0.1, 0.15) is 11.1 Å². The molecule has 114 valence electrons. The Kier molecular flexibility index (Phi) is 4.17. The standard InChI is InChI=1S/C18H21N3S/c1-12-9-15(13(2)21(12)3)17-11-22-18(20-17)16(10-19)14-7-5-4-6-8-14/h9,11H,4-8H2,1-3H3. The molecule has 3 nitrogen and oxygen atoms in total. The van der Waals surface area contributed by atoms with Gasteiger partial charge in [0.2, 0.25) is 0 Å². The van der Waals surface area contributed by atoms with Gasteiger partial charge in [0, 0.05) is 29.4 Å². The van der Waals surface area contributed by atoms with Crippen LogP contribution in [0.2, 0.25) is 0 Å². The number of thiazole rings is 1. The van der Waals surface area contributed by atoms with Crippen LogP contribution in [0.25, 0.3) is 16.8 Å². The molecule has 3 rings (SSSR count). The monoisotopic (exact) mass is 311 g/mol. The minimum atomic E-state index is 0.821. The summed E-state index contributed by atoms with van der Waals surface area (Å²) < 4.78 is 2.18. The summed E-state index contributed by atoms with van der Waals surface area (Å²) in [5.41, 5.74) is 6.74. The highest BCUT2D eigenvalue weighted by Crippen LogP contribution is 2.34. The van der Waals surface area contributed by atoms with Crippen LogP contribution in [0.4, 0.5) is 0 Å². The van der Waals surface area contributed by atoms with Gasteiger partial charge in [0.25, 0.3) is 0 Å². The smallest absolute Gasteiger partial charge is 0.134 e. The van der Waals surface area contributed by atoms with E-state index >= 15 is 0 Å². The van der Waals surface area contributed by atoms with Crippen molar-refractivity contribution >= 4 is 16.9 Å². The fourth-order valence-electron chi connectivity index (χ4n) is 3.13. The molecule has 0 bridgehead atoms. The van der Waals surface area contributed by atoms with Crippen LogP contribution in [0.5, 0.6) is 0 Å². The Morgan fingerprint density at radius 1 is 1.27 bits per heavy atom. The molecule has 0 spiro atoms. The van der Waals surface area contributed by atoms with Gasteiger partial charge < -0.3 is 4.57 Å². The van der Waals surface area contributed by atoms with Crippen LogP contribution >= 0.6 is 11.3 Å². The average Bonchev–Trinajstić information content (AvgIpc) is 3.10. The molecule has 1 saturated carbocycles. The van der Waals surface area contributed by atoms with Crippen molar-refractivity contribution in [2.24, 2.45) is 7.05 Å². The highest BCUT2D eigenvalue weighted by Gasteiger charge is 2.17. The molecule has 2 aromatic rings. The number of rotatable bonds is 2. The number of hydrogen-bond acceptors (Lipinski definition) is 3. The van der Waals surface area contributed by atoms with Crippen LogP contribution < -0.4 is 0 Å². The molecule has 1 aliphatic carbocycles. The zero-order valence-corrected chi connectivity index (χ0v) is 14.3. The van der Waals surface area contributed by atoms with E-state index in [-0.39, 0.29) is 0 Å². The quantitative estimate of drug-likeness (QED) is 0.732. The van der Waals surface area contributed by atoms with Gasteiger partial charge in [-0.3, -0.25) is 0 Å². The van der Waals surface area contributed by atoms with E-state index in [1.807, 2.05) is 0 Å². The molecule has 0 saturated heterocycles. The molecule has 0 aliphatic heterocycles. The van der Waals surface area contributed by atoms with Gasteiger partial charge >= 0.3 is 0 Å². The van der Waals surface area contributed by atoms with Crippen molar-refractivity contribution in [1.29, 1.82) is 5.26 Å². The number of allylic oxidation sites excluding steroid dienone is 2. The summed E-state index contributed by atoms with van der Waals surface area (Å²) >= 11 is 1.59. The molecule has 0 atom stereocenters. The van der Waals surface area contributed by atoms with E-state index in [0.717, 1.165) is 29.1 Å². The van der Waals surface area contributed by atoms with E-state index < -0.39 is 0 Å². The fourth-order valence-corrected chi connectivity index (χ4v) is 4.00. The van der Waals surface area contributed by atoms with Crippen molar-refractivity contribution in [3.63, 3.8) is 0 Å². The summed E-state index contributed by atoms with van der Waals surface area (Å²) in [6, 6.07) is 4.58. The van der Waals surface area contributed by atoms with Gasteiger partial charge in [-0.2, -0.15) is 5.26 Å². The second kappa shape index (κ2) is 6.10. The van der Waals surface area contributed by atoms with Crippen LogP contribution in [0.1, 0.15) is 48.5 Å². The molecule has 22 heavy (non-hydrogen) atoms. The summed E-state index contributed by atoms with van der Waals surface area (Å²) in [6.45, 7) is 4.22. The summed E-state index contributed by atoms with van der Waals surface area (Å²) in [7, 11) is 2.08. The molecule has 1 fully saturated rings. The largest absolute Gasteiger partial charge is 0.351 e. The van der Waals surface area contributed by atoms with E-state index in [4.69, 9.17) is 4.98 Å². The molecular formula is C18H21N3S. The normalized spacial score (nSPS) is 14.9. The third-order valence-electron chi connectivity index (χ3n) is 4.69. The van der Waals surface area contributed by atoms with Crippen molar-refractivity contribution in [1.82, 2.24) is 9.55 Å². The summed E-state index contributed by atoms with van der Waals surface area (Å²) in [5, 5.41) is 12.5. The molecule has 1 aliphatic rings. The number of aromatic nitrogens is 2. The van der Waals surface area contributed by atoms with E-state index in [0.29, 0.717) is 0 Å². The van der Waals surface area contributed by atoms with E-state index in [2.05, 4.69) is 43.0 Å². The van der Waals surface area contributed by atoms with Gasteiger partial charge in [-0.1, -0.05) is 6.42 Å². The predicted octanol–water partition coefficient (Wildman–Crippen LogP) is 5.01. The van der Waals surface area contributed by atoms with Crippen molar-refractivity contribution in [2.45, 2.75) is 46.0 Å². The maximum Gasteiger partial charge on any atom is 0.134 e. The maximum atomic E-state index is 9.57. The fraction of sp³-hybridized carbons (Fsp3) is 0.444. The molecule has 0 aromatic carbocycles. The molecule has 4 heteroatoms. The lowest BCUT2D eigenvalue weighted by atomic mass is 9.91. The Balaban J connectivity index is 1.99. The predicted molar refractivity (Wildman–Crippen MR) is 91.6 cm³/mol. The lowest BCUT2D eigenvalue weighted by Crippen LogP contribution is -1.97. The third kappa shape index (κ3) is 2.62. The minimum Gasteiger partial charge on any atom is -0.351 e. The molecule has 2 heterocycles. The first-order valence-electron chi connectivity index (χ1n) is 7.83. The van der Waals surface area contributed by atoms with E-state index in [1.54, 1.807) is 11.3 Å². The number of hydrogen-bond donors (Lipinski definition) is 0. The van der Waals surface area contributed by atoms with Crippen molar-refractivity contribution in [3.05, 3.63) is 33.4 Å². The third-order valence-corrected chi connectivity index (χ3v) is 5.55. The minimum absolute atomic E-state index is 0.821. The van der Waals surface area contributed by atoms with Crippen molar-refractivity contribution in [2.75, 3.05) is 0 Å². The number of aryl methyl sites for hydroxylation is 1. The zero-order chi connectivity index (χ0) is 15.7. The Bertz CT molecular complexity index is 763. The lowest BCUT2D eigenvalue weighted by Gasteiger charge is -2.14. The lowest BCUT2D eigenvalue weighted by molar-refractivity contribution is 0.601. The van der Waals surface area contributed by atoms with E-state index in [9.17, 15) is 5.26 Å². The summed E-state index contributed by atoms with van der Waals surface area (Å²) in [6.07, 6.45) is 5.81. The SMILES string of the molecule is Cc1cc(-c2csc(C(C#N)=C3CCCCC3)n2)c(C)n1C. The maximum absolute atomic E-state index is 9.57. The van der Waals surface area contributed by atoms with Gasteiger partial charge in [0.05, 0.1) is 11.3 Å². The second-order valence-corrected chi connectivity index (χ2v) is 6.89. The Hall–Kier alpha value is -1.86.